The quantitative estimate of drug-likeness (QED) is 0.719. The van der Waals surface area contributed by atoms with E-state index < -0.39 is 5.97 Å². The van der Waals surface area contributed by atoms with Gasteiger partial charge in [0.05, 0.1) is 7.11 Å². The van der Waals surface area contributed by atoms with Crippen molar-refractivity contribution in [2.24, 2.45) is 5.92 Å². The lowest BCUT2D eigenvalue weighted by Gasteiger charge is -2.10. The van der Waals surface area contributed by atoms with Crippen LogP contribution in [0.4, 0.5) is 0 Å². The number of methoxy groups -OCH3 is 1. The van der Waals surface area contributed by atoms with E-state index in [-0.39, 0.29) is 12.3 Å². The Hall–Kier alpha value is -1.84. The lowest BCUT2D eigenvalue weighted by atomic mass is 9.95. The van der Waals surface area contributed by atoms with E-state index in [0.29, 0.717) is 19.3 Å². The molecular formula is C14H18O4. The van der Waals surface area contributed by atoms with Crippen molar-refractivity contribution in [1.29, 1.82) is 0 Å². The second kappa shape index (κ2) is 7.48. The van der Waals surface area contributed by atoms with E-state index in [1.165, 1.54) is 0 Å². The van der Waals surface area contributed by atoms with E-state index in [2.05, 4.69) is 0 Å². The van der Waals surface area contributed by atoms with Gasteiger partial charge in [-0.2, -0.15) is 0 Å². The molecule has 0 bridgehead atoms. The first-order chi connectivity index (χ1) is 8.65. The van der Waals surface area contributed by atoms with E-state index in [1.807, 2.05) is 24.3 Å². The number of ether oxygens (including phenoxy) is 1. The molecule has 18 heavy (non-hydrogen) atoms. The lowest BCUT2D eigenvalue weighted by Crippen LogP contribution is -2.07. The molecule has 0 fully saturated rings. The van der Waals surface area contributed by atoms with Gasteiger partial charge in [-0.25, -0.2) is 0 Å². The minimum atomic E-state index is -0.818. The van der Waals surface area contributed by atoms with Crippen LogP contribution in [0.2, 0.25) is 0 Å². The molecular weight excluding hydrogens is 232 g/mol. The summed E-state index contributed by atoms with van der Waals surface area (Å²) in [5.74, 6) is -0.180. The Labute approximate surface area is 107 Å². The zero-order chi connectivity index (χ0) is 13.4. The Bertz CT molecular complexity index is 401. The Morgan fingerprint density at radius 3 is 2.89 bits per heavy atom. The molecule has 4 heteroatoms. The van der Waals surface area contributed by atoms with Gasteiger partial charge in [-0.3, -0.25) is 4.79 Å². The number of carboxylic acid groups (broad SMARTS) is 1. The molecule has 0 spiro atoms. The summed E-state index contributed by atoms with van der Waals surface area (Å²) < 4.78 is 5.12. The van der Waals surface area contributed by atoms with Crippen molar-refractivity contribution in [2.45, 2.75) is 25.7 Å². The maximum Gasteiger partial charge on any atom is 0.303 e. The summed E-state index contributed by atoms with van der Waals surface area (Å²) in [6.07, 6.45) is 2.78. The summed E-state index contributed by atoms with van der Waals surface area (Å²) >= 11 is 0. The van der Waals surface area contributed by atoms with Gasteiger partial charge in [-0.05, 0) is 37.0 Å². The number of rotatable bonds is 8. The third kappa shape index (κ3) is 4.99. The standard InChI is InChI=1S/C14H18O4/c1-18-13-6-2-4-11(9-13)8-12(10-15)5-3-7-14(16)17/h2,4,6,9-10,12H,3,5,7-8H2,1H3,(H,16,17). The zero-order valence-electron chi connectivity index (χ0n) is 10.5. The van der Waals surface area contributed by atoms with Crippen LogP contribution in [-0.4, -0.2) is 24.5 Å². The third-order valence-corrected chi connectivity index (χ3v) is 2.79. The predicted octanol–water partition coefficient (Wildman–Crippen LogP) is 2.31. The first-order valence-corrected chi connectivity index (χ1v) is 5.95. The minimum absolute atomic E-state index is 0.114. The maximum absolute atomic E-state index is 11.0. The van der Waals surface area contributed by atoms with Crippen LogP contribution in [0.5, 0.6) is 5.75 Å². The monoisotopic (exact) mass is 250 g/mol. The molecule has 0 radical (unpaired) electrons. The van der Waals surface area contributed by atoms with E-state index >= 15 is 0 Å². The molecule has 0 aromatic heterocycles. The van der Waals surface area contributed by atoms with Crippen molar-refractivity contribution in [1.82, 2.24) is 0 Å². The van der Waals surface area contributed by atoms with Gasteiger partial charge in [-0.15, -0.1) is 0 Å². The number of benzene rings is 1. The average molecular weight is 250 g/mol. The fraction of sp³-hybridized carbons (Fsp3) is 0.429. The number of hydrogen-bond donors (Lipinski definition) is 1. The third-order valence-electron chi connectivity index (χ3n) is 2.79. The highest BCUT2D eigenvalue weighted by Gasteiger charge is 2.10. The molecule has 0 aliphatic rings. The molecule has 1 unspecified atom stereocenters. The molecule has 0 amide bonds. The van der Waals surface area contributed by atoms with Crippen LogP contribution < -0.4 is 4.74 Å². The Kier molecular flexibility index (Phi) is 5.91. The molecule has 0 saturated carbocycles. The van der Waals surface area contributed by atoms with Crippen molar-refractivity contribution in [3.05, 3.63) is 29.8 Å². The first kappa shape index (κ1) is 14.2. The Balaban J connectivity index is 2.51. The summed E-state index contributed by atoms with van der Waals surface area (Å²) in [4.78, 5) is 21.4. The largest absolute Gasteiger partial charge is 0.497 e. The molecule has 0 saturated heterocycles. The van der Waals surface area contributed by atoms with Gasteiger partial charge in [0, 0.05) is 12.3 Å². The van der Waals surface area contributed by atoms with E-state index in [9.17, 15) is 9.59 Å². The second-order valence-electron chi connectivity index (χ2n) is 4.24. The molecule has 0 heterocycles. The molecule has 0 aliphatic heterocycles. The van der Waals surface area contributed by atoms with Gasteiger partial charge in [-0.1, -0.05) is 12.1 Å². The maximum atomic E-state index is 11.0. The van der Waals surface area contributed by atoms with Crippen LogP contribution in [-0.2, 0) is 16.0 Å². The summed E-state index contributed by atoms with van der Waals surface area (Å²) in [5, 5.41) is 8.55. The fourth-order valence-electron chi connectivity index (χ4n) is 1.84. The van der Waals surface area contributed by atoms with Crippen LogP contribution in [0.25, 0.3) is 0 Å². The van der Waals surface area contributed by atoms with E-state index in [1.54, 1.807) is 7.11 Å². The van der Waals surface area contributed by atoms with Crippen LogP contribution in [0.15, 0.2) is 24.3 Å². The fourth-order valence-corrected chi connectivity index (χ4v) is 1.84. The van der Waals surface area contributed by atoms with Gasteiger partial charge in [0.15, 0.2) is 0 Å². The van der Waals surface area contributed by atoms with Crippen LogP contribution in [0.3, 0.4) is 0 Å². The molecule has 1 N–H and O–H groups in total. The van der Waals surface area contributed by atoms with Gasteiger partial charge in [0.1, 0.15) is 12.0 Å². The molecule has 0 aliphatic carbocycles. The Morgan fingerprint density at radius 2 is 2.28 bits per heavy atom. The van der Waals surface area contributed by atoms with Crippen molar-refractivity contribution in [3.8, 4) is 5.75 Å². The lowest BCUT2D eigenvalue weighted by molar-refractivity contribution is -0.137. The van der Waals surface area contributed by atoms with E-state index in [0.717, 1.165) is 17.6 Å². The summed E-state index contributed by atoms with van der Waals surface area (Å²) in [6, 6.07) is 7.57. The molecule has 1 atom stereocenters. The summed E-state index contributed by atoms with van der Waals surface area (Å²) in [5.41, 5.74) is 1.03. The highest BCUT2D eigenvalue weighted by atomic mass is 16.5. The average Bonchev–Trinajstić information content (AvgIpc) is 2.37. The second-order valence-corrected chi connectivity index (χ2v) is 4.24. The molecule has 4 nitrogen and oxygen atoms in total. The number of carboxylic acids is 1. The highest BCUT2D eigenvalue weighted by Crippen LogP contribution is 2.18. The summed E-state index contributed by atoms with van der Waals surface area (Å²) in [7, 11) is 1.60. The van der Waals surface area contributed by atoms with Crippen LogP contribution in [0, 0.1) is 5.92 Å². The van der Waals surface area contributed by atoms with Crippen LogP contribution >= 0.6 is 0 Å². The van der Waals surface area contributed by atoms with Crippen molar-refractivity contribution >= 4 is 12.3 Å². The topological polar surface area (TPSA) is 63.6 Å². The van der Waals surface area contributed by atoms with Crippen molar-refractivity contribution in [3.63, 3.8) is 0 Å². The predicted molar refractivity (Wildman–Crippen MR) is 67.7 cm³/mol. The molecule has 98 valence electrons. The first-order valence-electron chi connectivity index (χ1n) is 5.95. The smallest absolute Gasteiger partial charge is 0.303 e. The number of aliphatic carboxylic acids is 1. The number of carbonyl (C=O) groups excluding carboxylic acids is 1. The van der Waals surface area contributed by atoms with Gasteiger partial charge in [0.2, 0.25) is 0 Å². The highest BCUT2D eigenvalue weighted by molar-refractivity contribution is 5.66. The number of aldehydes is 1. The number of carbonyl (C=O) groups is 2. The summed E-state index contributed by atoms with van der Waals surface area (Å²) in [6.45, 7) is 0. The Morgan fingerprint density at radius 1 is 1.50 bits per heavy atom. The van der Waals surface area contributed by atoms with Gasteiger partial charge < -0.3 is 14.6 Å². The van der Waals surface area contributed by atoms with Gasteiger partial charge in [0.25, 0.3) is 0 Å². The van der Waals surface area contributed by atoms with E-state index in [4.69, 9.17) is 9.84 Å². The molecule has 1 aromatic rings. The molecule has 1 aromatic carbocycles. The van der Waals surface area contributed by atoms with Crippen LogP contribution in [0.1, 0.15) is 24.8 Å². The normalized spacial score (nSPS) is 11.8. The minimum Gasteiger partial charge on any atom is -0.497 e. The number of hydrogen-bond acceptors (Lipinski definition) is 3. The van der Waals surface area contributed by atoms with Crippen molar-refractivity contribution in [2.75, 3.05) is 7.11 Å². The SMILES string of the molecule is COc1cccc(CC(C=O)CCCC(=O)O)c1. The molecule has 1 rings (SSSR count). The van der Waals surface area contributed by atoms with Gasteiger partial charge >= 0.3 is 5.97 Å². The van der Waals surface area contributed by atoms with Crippen molar-refractivity contribution < 1.29 is 19.4 Å². The zero-order valence-corrected chi connectivity index (χ0v) is 10.5.